The number of benzene rings is 1. The van der Waals surface area contributed by atoms with E-state index in [1.165, 1.54) is 6.42 Å². The second-order valence-electron chi connectivity index (χ2n) is 8.00. The summed E-state index contributed by atoms with van der Waals surface area (Å²) in [6.45, 7) is 1.97. The van der Waals surface area contributed by atoms with E-state index in [-0.39, 0.29) is 11.8 Å². The van der Waals surface area contributed by atoms with Crippen LogP contribution in [-0.2, 0) is 4.79 Å². The molecule has 3 aromatic rings. The molecule has 2 aliphatic carbocycles. The maximum absolute atomic E-state index is 12.6. The lowest BCUT2D eigenvalue weighted by Crippen LogP contribution is -2.17. The predicted octanol–water partition coefficient (Wildman–Crippen LogP) is 5.48. The Kier molecular flexibility index (Phi) is 4.41. The van der Waals surface area contributed by atoms with E-state index in [2.05, 4.69) is 15.3 Å². The zero-order valence-corrected chi connectivity index (χ0v) is 17.4. The predicted molar refractivity (Wildman–Crippen MR) is 117 cm³/mol. The molecule has 1 unspecified atom stereocenters. The average molecular weight is 427 g/mol. The van der Waals surface area contributed by atoms with Crippen LogP contribution in [0.3, 0.4) is 0 Å². The number of nitrogen functional groups attached to an aromatic ring is 1. The normalized spacial score (nSPS) is 22.5. The van der Waals surface area contributed by atoms with Gasteiger partial charge in [-0.15, -0.1) is 0 Å². The third-order valence-corrected chi connectivity index (χ3v) is 7.16. The molecule has 29 heavy (non-hydrogen) atoms. The van der Waals surface area contributed by atoms with Crippen molar-refractivity contribution in [1.29, 1.82) is 0 Å². The van der Waals surface area contributed by atoms with Crippen molar-refractivity contribution in [3.63, 3.8) is 0 Å². The van der Waals surface area contributed by atoms with Crippen molar-refractivity contribution in [1.82, 2.24) is 9.97 Å². The third-order valence-electron chi connectivity index (χ3n) is 6.38. The Morgan fingerprint density at radius 2 is 1.93 bits per heavy atom. The van der Waals surface area contributed by atoms with Crippen LogP contribution in [0.25, 0.3) is 21.9 Å². The van der Waals surface area contributed by atoms with Crippen molar-refractivity contribution >= 4 is 51.4 Å². The van der Waals surface area contributed by atoms with Gasteiger partial charge in [-0.3, -0.25) is 9.78 Å². The monoisotopic (exact) mass is 426 g/mol. The van der Waals surface area contributed by atoms with Crippen LogP contribution in [0.1, 0.15) is 24.8 Å². The zero-order valence-electron chi connectivity index (χ0n) is 15.9. The Bertz CT molecular complexity index is 1150. The van der Waals surface area contributed by atoms with Crippen molar-refractivity contribution in [3.05, 3.63) is 46.3 Å². The minimum absolute atomic E-state index is 0.0490. The Labute approximate surface area is 178 Å². The van der Waals surface area contributed by atoms with Crippen LogP contribution in [0.15, 0.2) is 30.7 Å². The molecule has 0 aliphatic heterocycles. The van der Waals surface area contributed by atoms with E-state index >= 15 is 0 Å². The highest BCUT2D eigenvalue weighted by molar-refractivity contribution is 6.45. The molecule has 2 aliphatic rings. The van der Waals surface area contributed by atoms with Crippen LogP contribution in [-0.4, -0.2) is 15.9 Å². The number of aryl methyl sites for hydroxylation is 1. The van der Waals surface area contributed by atoms with Gasteiger partial charge in [-0.25, -0.2) is 4.98 Å². The maximum Gasteiger partial charge on any atom is 0.229 e. The fourth-order valence-corrected chi connectivity index (χ4v) is 5.49. The van der Waals surface area contributed by atoms with Crippen LogP contribution in [0.4, 0.5) is 11.5 Å². The lowest BCUT2D eigenvalue weighted by molar-refractivity contribution is -0.118. The first-order valence-electron chi connectivity index (χ1n) is 9.75. The van der Waals surface area contributed by atoms with E-state index in [4.69, 9.17) is 28.9 Å². The molecule has 2 fully saturated rings. The third kappa shape index (κ3) is 2.95. The Morgan fingerprint density at radius 1 is 1.17 bits per heavy atom. The number of aromatic nitrogens is 2. The van der Waals surface area contributed by atoms with E-state index in [1.54, 1.807) is 24.7 Å². The summed E-state index contributed by atoms with van der Waals surface area (Å²) in [6, 6.07) is 3.67. The fraction of sp³-hybridized carbons (Fsp3) is 0.318. The quantitative estimate of drug-likeness (QED) is 0.543. The largest absolute Gasteiger partial charge is 0.397 e. The number of nitrogens with two attached hydrogens (primary N) is 1. The van der Waals surface area contributed by atoms with Crippen molar-refractivity contribution in [3.8, 4) is 11.1 Å². The van der Waals surface area contributed by atoms with Gasteiger partial charge < -0.3 is 11.1 Å². The highest BCUT2D eigenvalue weighted by Gasteiger charge is 2.56. The summed E-state index contributed by atoms with van der Waals surface area (Å²) in [5, 5.41) is 5.17. The molecule has 7 heteroatoms. The number of hydrogen-bond acceptors (Lipinski definition) is 4. The zero-order chi connectivity index (χ0) is 20.3. The standard InChI is InChI=1S/C22H20Cl2N4O/c1-10-5-6-26-8-14(10)18-19(23)13-7-16(27-9-15(13)21(25)20(18)24)28-22(29)17-11-3-2-4-12(11)17/h5-9,11-12,17H,2-4,25H2,1H3,(H,27,28,29)/t11-,12+,17?. The van der Waals surface area contributed by atoms with Crippen LogP contribution < -0.4 is 11.1 Å². The molecule has 2 saturated carbocycles. The van der Waals surface area contributed by atoms with Crippen LogP contribution >= 0.6 is 23.2 Å². The molecule has 0 bridgehead atoms. The SMILES string of the molecule is Cc1ccncc1-c1c(Cl)c(N)c2cnc(NC(=O)C3[C@H]4CCC[C@@H]34)cc2c1Cl. The van der Waals surface area contributed by atoms with Gasteiger partial charge in [0.2, 0.25) is 5.91 Å². The summed E-state index contributed by atoms with van der Waals surface area (Å²) in [5.74, 6) is 1.75. The lowest BCUT2D eigenvalue weighted by Gasteiger charge is -2.16. The molecular formula is C22H20Cl2N4O. The maximum atomic E-state index is 12.6. The Morgan fingerprint density at radius 3 is 2.66 bits per heavy atom. The summed E-state index contributed by atoms with van der Waals surface area (Å²) in [7, 11) is 0. The molecule has 148 valence electrons. The van der Waals surface area contributed by atoms with Gasteiger partial charge in [0.15, 0.2) is 0 Å². The number of anilines is 2. The van der Waals surface area contributed by atoms with Gasteiger partial charge in [-0.2, -0.15) is 0 Å². The number of carbonyl (C=O) groups excluding carboxylic acids is 1. The van der Waals surface area contributed by atoms with E-state index in [1.807, 2.05) is 13.0 Å². The second-order valence-corrected chi connectivity index (χ2v) is 8.75. The molecule has 5 nitrogen and oxygen atoms in total. The van der Waals surface area contributed by atoms with Gasteiger partial charge in [-0.1, -0.05) is 29.6 Å². The van der Waals surface area contributed by atoms with Crippen LogP contribution in [0.2, 0.25) is 10.0 Å². The molecule has 3 N–H and O–H groups in total. The number of halogens is 2. The summed E-state index contributed by atoms with van der Waals surface area (Å²) in [6.07, 6.45) is 8.61. The second kappa shape index (κ2) is 6.85. The van der Waals surface area contributed by atoms with Gasteiger partial charge in [0.05, 0.1) is 15.7 Å². The molecule has 1 aromatic carbocycles. The number of rotatable bonds is 3. The fourth-order valence-electron chi connectivity index (χ4n) is 4.79. The van der Waals surface area contributed by atoms with Gasteiger partial charge in [-0.05, 0) is 49.3 Å². The van der Waals surface area contributed by atoms with Crippen molar-refractivity contribution in [2.45, 2.75) is 26.2 Å². The van der Waals surface area contributed by atoms with E-state index in [0.29, 0.717) is 49.7 Å². The highest BCUT2D eigenvalue weighted by atomic mass is 35.5. The number of pyridine rings is 2. The molecule has 1 amide bonds. The first-order chi connectivity index (χ1) is 14.0. The molecule has 0 radical (unpaired) electrons. The molecule has 2 aromatic heterocycles. The molecule has 2 heterocycles. The van der Waals surface area contributed by atoms with E-state index < -0.39 is 0 Å². The van der Waals surface area contributed by atoms with E-state index in [9.17, 15) is 4.79 Å². The minimum atomic E-state index is 0.0490. The first-order valence-corrected chi connectivity index (χ1v) is 10.5. The number of nitrogens with one attached hydrogen (secondary N) is 1. The number of nitrogens with zero attached hydrogens (tertiary/aromatic N) is 2. The number of amides is 1. The van der Waals surface area contributed by atoms with Gasteiger partial charge in [0.25, 0.3) is 0 Å². The summed E-state index contributed by atoms with van der Waals surface area (Å²) >= 11 is 13.4. The number of carbonyl (C=O) groups is 1. The summed E-state index contributed by atoms with van der Waals surface area (Å²) in [5.41, 5.74) is 9.17. The van der Waals surface area contributed by atoms with Crippen LogP contribution in [0.5, 0.6) is 0 Å². The van der Waals surface area contributed by atoms with Gasteiger partial charge in [0.1, 0.15) is 5.82 Å². The Hall–Kier alpha value is -2.37. The topological polar surface area (TPSA) is 80.9 Å². The average Bonchev–Trinajstić information content (AvgIpc) is 3.20. The molecule has 0 saturated heterocycles. The van der Waals surface area contributed by atoms with Gasteiger partial charge >= 0.3 is 0 Å². The van der Waals surface area contributed by atoms with Crippen LogP contribution in [0, 0.1) is 24.7 Å². The smallest absolute Gasteiger partial charge is 0.229 e. The number of hydrogen-bond donors (Lipinski definition) is 2. The van der Waals surface area contributed by atoms with Crippen molar-refractivity contribution < 1.29 is 4.79 Å². The molecular weight excluding hydrogens is 407 g/mol. The van der Waals surface area contributed by atoms with Crippen molar-refractivity contribution in [2.75, 3.05) is 11.1 Å². The van der Waals surface area contributed by atoms with Crippen molar-refractivity contribution in [2.24, 2.45) is 17.8 Å². The lowest BCUT2D eigenvalue weighted by atomic mass is 9.98. The summed E-state index contributed by atoms with van der Waals surface area (Å²) in [4.78, 5) is 21.2. The highest BCUT2D eigenvalue weighted by Crippen LogP contribution is 2.57. The number of fused-ring (bicyclic) bond motifs is 2. The Balaban J connectivity index is 1.56. The minimum Gasteiger partial charge on any atom is -0.397 e. The summed E-state index contributed by atoms with van der Waals surface area (Å²) < 4.78 is 0. The first kappa shape index (κ1) is 18.6. The molecule has 5 rings (SSSR count). The molecule has 3 atom stereocenters. The van der Waals surface area contributed by atoms with Gasteiger partial charge in [0, 0.05) is 46.4 Å². The van der Waals surface area contributed by atoms with E-state index in [0.717, 1.165) is 24.0 Å². The molecule has 0 spiro atoms.